The topological polar surface area (TPSA) is 75.6 Å². The Morgan fingerprint density at radius 3 is 2.14 bits per heavy atom. The third-order valence-corrected chi connectivity index (χ3v) is 3.86. The van der Waals surface area contributed by atoms with E-state index in [1.54, 1.807) is 24.3 Å². The minimum absolute atomic E-state index is 0.0110. The first-order chi connectivity index (χ1) is 13.2. The number of aliphatic carboxylic acids is 1. The van der Waals surface area contributed by atoms with Crippen LogP contribution in [0.15, 0.2) is 48.5 Å². The van der Waals surface area contributed by atoms with E-state index < -0.39 is 17.7 Å². The molecule has 0 spiro atoms. The molecule has 28 heavy (non-hydrogen) atoms. The van der Waals surface area contributed by atoms with Gasteiger partial charge in [0, 0.05) is 13.0 Å². The van der Waals surface area contributed by atoms with Crippen molar-refractivity contribution in [1.29, 1.82) is 0 Å². The van der Waals surface area contributed by atoms with Gasteiger partial charge in [-0.05, 0) is 41.8 Å². The first kappa shape index (κ1) is 21.3. The van der Waals surface area contributed by atoms with Crippen LogP contribution in [0.5, 0.6) is 5.75 Å². The molecule has 0 unspecified atom stereocenters. The highest BCUT2D eigenvalue weighted by atomic mass is 19.4. The normalized spacial score (nSPS) is 11.1. The zero-order valence-electron chi connectivity index (χ0n) is 15.0. The van der Waals surface area contributed by atoms with E-state index in [9.17, 15) is 22.8 Å². The second-order valence-corrected chi connectivity index (χ2v) is 6.14. The number of carbonyl (C=O) groups excluding carboxylic acids is 1. The van der Waals surface area contributed by atoms with Crippen molar-refractivity contribution in [1.82, 2.24) is 5.32 Å². The Bertz CT molecular complexity index is 787. The lowest BCUT2D eigenvalue weighted by Gasteiger charge is -2.09. The second-order valence-electron chi connectivity index (χ2n) is 6.14. The number of ether oxygens (including phenoxy) is 1. The number of hydrogen-bond donors (Lipinski definition) is 2. The Kier molecular flexibility index (Phi) is 7.43. The SMILES string of the molecule is O=C(O)CCCOc1ccc(CNC(=O)Cc2ccc(C(F)(F)F)cc2)cc1. The quantitative estimate of drug-likeness (QED) is 0.633. The summed E-state index contributed by atoms with van der Waals surface area (Å²) in [6, 6.07) is 11.5. The lowest BCUT2D eigenvalue weighted by molar-refractivity contribution is -0.138. The summed E-state index contributed by atoms with van der Waals surface area (Å²) >= 11 is 0. The smallest absolute Gasteiger partial charge is 0.416 e. The van der Waals surface area contributed by atoms with Crippen LogP contribution in [0.2, 0.25) is 0 Å². The van der Waals surface area contributed by atoms with Crippen molar-refractivity contribution >= 4 is 11.9 Å². The number of carboxylic acids is 1. The molecule has 2 rings (SSSR count). The fraction of sp³-hybridized carbons (Fsp3) is 0.300. The number of benzene rings is 2. The number of alkyl halides is 3. The number of amides is 1. The van der Waals surface area contributed by atoms with E-state index in [0.717, 1.165) is 17.7 Å². The number of carbonyl (C=O) groups is 2. The highest BCUT2D eigenvalue weighted by molar-refractivity contribution is 5.78. The van der Waals surface area contributed by atoms with Gasteiger partial charge in [-0.2, -0.15) is 13.2 Å². The van der Waals surface area contributed by atoms with Crippen LogP contribution in [0, 0.1) is 0 Å². The van der Waals surface area contributed by atoms with E-state index in [-0.39, 0.29) is 25.3 Å². The van der Waals surface area contributed by atoms with Gasteiger partial charge >= 0.3 is 12.1 Å². The van der Waals surface area contributed by atoms with Gasteiger partial charge in [-0.15, -0.1) is 0 Å². The van der Waals surface area contributed by atoms with Crippen LogP contribution in [0.25, 0.3) is 0 Å². The molecule has 0 aromatic heterocycles. The predicted octanol–water partition coefficient (Wildman–Crippen LogP) is 3.81. The van der Waals surface area contributed by atoms with Crippen LogP contribution in [-0.4, -0.2) is 23.6 Å². The molecule has 150 valence electrons. The average molecular weight is 395 g/mol. The molecule has 2 N–H and O–H groups in total. The maximum absolute atomic E-state index is 12.5. The van der Waals surface area contributed by atoms with Crippen LogP contribution >= 0.6 is 0 Å². The van der Waals surface area contributed by atoms with Gasteiger partial charge < -0.3 is 15.2 Å². The maximum Gasteiger partial charge on any atom is 0.416 e. The summed E-state index contributed by atoms with van der Waals surface area (Å²) in [4.78, 5) is 22.4. The number of halogens is 3. The highest BCUT2D eigenvalue weighted by Gasteiger charge is 2.29. The van der Waals surface area contributed by atoms with Crippen molar-refractivity contribution in [2.24, 2.45) is 0 Å². The number of hydrogen-bond acceptors (Lipinski definition) is 3. The Balaban J connectivity index is 1.75. The molecule has 0 aliphatic carbocycles. The van der Waals surface area contributed by atoms with Crippen molar-refractivity contribution in [2.45, 2.75) is 32.0 Å². The van der Waals surface area contributed by atoms with Crippen LogP contribution < -0.4 is 10.1 Å². The van der Waals surface area contributed by atoms with Crippen LogP contribution in [0.1, 0.15) is 29.5 Å². The summed E-state index contributed by atoms with van der Waals surface area (Å²) in [7, 11) is 0. The van der Waals surface area contributed by atoms with E-state index in [1.807, 2.05) is 0 Å². The molecule has 8 heteroatoms. The van der Waals surface area contributed by atoms with Crippen LogP contribution in [0.3, 0.4) is 0 Å². The van der Waals surface area contributed by atoms with Crippen LogP contribution in [0.4, 0.5) is 13.2 Å². The van der Waals surface area contributed by atoms with E-state index in [2.05, 4.69) is 5.32 Å². The van der Waals surface area contributed by atoms with Crippen molar-refractivity contribution < 1.29 is 32.6 Å². The fourth-order valence-corrected chi connectivity index (χ4v) is 2.38. The lowest BCUT2D eigenvalue weighted by atomic mass is 10.1. The van der Waals surface area contributed by atoms with Crippen LogP contribution in [-0.2, 0) is 28.7 Å². The minimum Gasteiger partial charge on any atom is -0.494 e. The van der Waals surface area contributed by atoms with E-state index in [4.69, 9.17) is 9.84 Å². The summed E-state index contributed by atoms with van der Waals surface area (Å²) in [5, 5.41) is 11.3. The number of carboxylic acid groups (broad SMARTS) is 1. The van der Waals surface area contributed by atoms with Crippen molar-refractivity contribution in [3.05, 3.63) is 65.2 Å². The first-order valence-electron chi connectivity index (χ1n) is 8.60. The standard InChI is InChI=1S/C20H20F3NO4/c21-20(22,23)16-7-3-14(4-8-16)12-18(25)24-13-15-5-9-17(10-6-15)28-11-1-2-19(26)27/h3-10H,1-2,11-13H2,(H,24,25)(H,26,27). The molecule has 0 fully saturated rings. The predicted molar refractivity (Wildman–Crippen MR) is 95.8 cm³/mol. The number of rotatable bonds is 9. The summed E-state index contributed by atoms with van der Waals surface area (Å²) < 4.78 is 43.0. The molecule has 0 aliphatic heterocycles. The fourth-order valence-electron chi connectivity index (χ4n) is 2.38. The van der Waals surface area contributed by atoms with Gasteiger partial charge in [0.15, 0.2) is 0 Å². The second kappa shape index (κ2) is 9.77. The zero-order chi connectivity index (χ0) is 20.6. The summed E-state index contributed by atoms with van der Waals surface area (Å²) in [5.74, 6) is -0.565. The Morgan fingerprint density at radius 2 is 1.57 bits per heavy atom. The van der Waals surface area contributed by atoms with Gasteiger partial charge in [-0.1, -0.05) is 24.3 Å². The van der Waals surface area contributed by atoms with E-state index in [0.29, 0.717) is 24.3 Å². The van der Waals surface area contributed by atoms with E-state index >= 15 is 0 Å². The molecular formula is C20H20F3NO4. The van der Waals surface area contributed by atoms with Gasteiger partial charge in [-0.3, -0.25) is 9.59 Å². The summed E-state index contributed by atoms with van der Waals surface area (Å²) in [5.41, 5.74) is 0.580. The van der Waals surface area contributed by atoms with Gasteiger partial charge in [0.05, 0.1) is 18.6 Å². The summed E-state index contributed by atoms with van der Waals surface area (Å²) in [6.07, 6.45) is -3.95. The largest absolute Gasteiger partial charge is 0.494 e. The molecule has 0 saturated heterocycles. The minimum atomic E-state index is -4.40. The zero-order valence-corrected chi connectivity index (χ0v) is 15.0. The molecule has 0 atom stereocenters. The molecular weight excluding hydrogens is 375 g/mol. The monoisotopic (exact) mass is 395 g/mol. The van der Waals surface area contributed by atoms with Gasteiger partial charge in [0.1, 0.15) is 5.75 Å². The van der Waals surface area contributed by atoms with Gasteiger partial charge in [0.2, 0.25) is 5.91 Å². The molecule has 0 radical (unpaired) electrons. The van der Waals surface area contributed by atoms with Gasteiger partial charge in [-0.25, -0.2) is 0 Å². The summed E-state index contributed by atoms with van der Waals surface area (Å²) in [6.45, 7) is 0.578. The highest BCUT2D eigenvalue weighted by Crippen LogP contribution is 2.29. The average Bonchev–Trinajstić information content (AvgIpc) is 2.64. The molecule has 5 nitrogen and oxygen atoms in total. The molecule has 2 aromatic carbocycles. The Morgan fingerprint density at radius 1 is 0.964 bits per heavy atom. The van der Waals surface area contributed by atoms with Crippen molar-refractivity contribution in [2.75, 3.05) is 6.61 Å². The number of nitrogens with one attached hydrogen (secondary N) is 1. The molecule has 0 aliphatic rings. The lowest BCUT2D eigenvalue weighted by Crippen LogP contribution is -2.24. The maximum atomic E-state index is 12.5. The molecule has 0 saturated carbocycles. The van der Waals surface area contributed by atoms with Crippen molar-refractivity contribution in [3.63, 3.8) is 0 Å². The molecule has 2 aromatic rings. The molecule has 1 amide bonds. The Labute approximate surface area is 160 Å². The third-order valence-electron chi connectivity index (χ3n) is 3.86. The van der Waals surface area contributed by atoms with Gasteiger partial charge in [0.25, 0.3) is 0 Å². The first-order valence-corrected chi connectivity index (χ1v) is 8.60. The molecule has 0 heterocycles. The van der Waals surface area contributed by atoms with Crippen molar-refractivity contribution in [3.8, 4) is 5.75 Å². The Hall–Kier alpha value is -3.03. The third kappa shape index (κ3) is 7.30. The molecule has 0 bridgehead atoms. The van der Waals surface area contributed by atoms with E-state index in [1.165, 1.54) is 12.1 Å².